The van der Waals surface area contributed by atoms with E-state index in [-0.39, 0.29) is 6.54 Å². The molecule has 24 heavy (non-hydrogen) atoms. The van der Waals surface area contributed by atoms with Gasteiger partial charge in [-0.15, -0.1) is 0 Å². The van der Waals surface area contributed by atoms with Crippen LogP contribution in [0.3, 0.4) is 0 Å². The summed E-state index contributed by atoms with van der Waals surface area (Å²) in [5.74, 6) is -4.89. The Morgan fingerprint density at radius 1 is 1.04 bits per heavy atom. The van der Waals surface area contributed by atoms with Crippen molar-refractivity contribution in [2.75, 3.05) is 0 Å². The van der Waals surface area contributed by atoms with Crippen LogP contribution in [0.1, 0.15) is 15.9 Å². The Labute approximate surface area is 135 Å². The van der Waals surface area contributed by atoms with Crippen LogP contribution < -0.4 is 5.32 Å². The zero-order valence-corrected chi connectivity index (χ0v) is 12.3. The fourth-order valence-corrected chi connectivity index (χ4v) is 2.20. The molecule has 0 spiro atoms. The molecule has 0 atom stereocenters. The third-order valence-corrected chi connectivity index (χ3v) is 3.46. The van der Waals surface area contributed by atoms with Gasteiger partial charge in [0.25, 0.3) is 5.91 Å². The van der Waals surface area contributed by atoms with Gasteiger partial charge in [0.1, 0.15) is 11.4 Å². The van der Waals surface area contributed by atoms with Crippen LogP contribution in [0.15, 0.2) is 55.1 Å². The first kappa shape index (κ1) is 15.8. The number of hydrogen-bond donors (Lipinski definition) is 1. The number of carbonyl (C=O) groups excluding carboxylic acids is 1. The van der Waals surface area contributed by atoms with Crippen LogP contribution in [0, 0.1) is 17.5 Å². The van der Waals surface area contributed by atoms with Gasteiger partial charge in [0.05, 0.1) is 6.33 Å². The van der Waals surface area contributed by atoms with E-state index >= 15 is 0 Å². The highest BCUT2D eigenvalue weighted by Gasteiger charge is 2.20. The standard InChI is InChI=1S/C17H12F3N3O/c18-13-5-6-14(19)16(20)15(13)17(24)22-9-11-1-3-12(4-2-11)23-8-7-21-10-23/h1-8,10H,9H2,(H,22,24). The molecular formula is C17H12F3N3O. The van der Waals surface area contributed by atoms with Crippen LogP contribution in [0.5, 0.6) is 0 Å². The van der Waals surface area contributed by atoms with E-state index in [9.17, 15) is 18.0 Å². The molecule has 1 aromatic heterocycles. The van der Waals surface area contributed by atoms with E-state index in [1.165, 1.54) is 0 Å². The maximum absolute atomic E-state index is 13.6. The number of rotatable bonds is 4. The lowest BCUT2D eigenvalue weighted by molar-refractivity contribution is 0.0941. The summed E-state index contributed by atoms with van der Waals surface area (Å²) in [5.41, 5.74) is 0.680. The lowest BCUT2D eigenvalue weighted by atomic mass is 10.1. The molecule has 0 aliphatic heterocycles. The van der Waals surface area contributed by atoms with Crippen molar-refractivity contribution in [2.45, 2.75) is 6.54 Å². The molecule has 7 heteroatoms. The van der Waals surface area contributed by atoms with E-state index < -0.39 is 28.9 Å². The summed E-state index contributed by atoms with van der Waals surface area (Å²) in [6.45, 7) is 0.0540. The monoisotopic (exact) mass is 331 g/mol. The van der Waals surface area contributed by atoms with E-state index in [4.69, 9.17) is 0 Å². The summed E-state index contributed by atoms with van der Waals surface area (Å²) in [6.07, 6.45) is 5.08. The molecule has 0 aliphatic carbocycles. The van der Waals surface area contributed by atoms with Gasteiger partial charge in [-0.3, -0.25) is 4.79 Å². The van der Waals surface area contributed by atoms with Crippen molar-refractivity contribution in [1.82, 2.24) is 14.9 Å². The highest BCUT2D eigenvalue weighted by molar-refractivity contribution is 5.94. The first-order chi connectivity index (χ1) is 11.6. The van der Waals surface area contributed by atoms with E-state index in [0.717, 1.165) is 11.3 Å². The van der Waals surface area contributed by atoms with Gasteiger partial charge in [-0.05, 0) is 29.8 Å². The number of imidazole rings is 1. The molecule has 3 rings (SSSR count). The van der Waals surface area contributed by atoms with Crippen LogP contribution in [0.4, 0.5) is 13.2 Å². The van der Waals surface area contributed by atoms with Crippen LogP contribution in [-0.2, 0) is 6.54 Å². The summed E-state index contributed by atoms with van der Waals surface area (Å²) in [4.78, 5) is 15.8. The van der Waals surface area contributed by atoms with Crippen LogP contribution in [0.25, 0.3) is 5.69 Å². The Kier molecular flexibility index (Phi) is 4.33. The molecule has 3 aromatic rings. The summed E-state index contributed by atoms with van der Waals surface area (Å²) >= 11 is 0. The number of hydrogen-bond acceptors (Lipinski definition) is 2. The van der Waals surface area contributed by atoms with Crippen molar-refractivity contribution >= 4 is 5.91 Å². The number of aromatic nitrogens is 2. The molecule has 0 radical (unpaired) electrons. The van der Waals surface area contributed by atoms with Crippen LogP contribution in [-0.4, -0.2) is 15.5 Å². The molecule has 122 valence electrons. The van der Waals surface area contributed by atoms with Crippen molar-refractivity contribution in [3.05, 3.63) is 83.7 Å². The van der Waals surface area contributed by atoms with Gasteiger partial charge in [0.15, 0.2) is 11.6 Å². The molecule has 0 aliphatic rings. The molecular weight excluding hydrogens is 319 g/mol. The van der Waals surface area contributed by atoms with Gasteiger partial charge in [-0.1, -0.05) is 12.1 Å². The van der Waals surface area contributed by atoms with Gasteiger partial charge in [0, 0.05) is 24.6 Å². The van der Waals surface area contributed by atoms with Crippen LogP contribution in [0.2, 0.25) is 0 Å². The molecule has 0 saturated heterocycles. The minimum absolute atomic E-state index is 0.0540. The predicted octanol–water partition coefficient (Wildman–Crippen LogP) is 3.22. The van der Waals surface area contributed by atoms with Crippen molar-refractivity contribution in [2.24, 2.45) is 0 Å². The fraction of sp³-hybridized carbons (Fsp3) is 0.0588. The number of nitrogens with zero attached hydrogens (tertiary/aromatic N) is 2. The first-order valence-electron chi connectivity index (χ1n) is 7.05. The molecule has 1 heterocycles. The summed E-state index contributed by atoms with van der Waals surface area (Å²) in [7, 11) is 0. The number of amides is 1. The number of carbonyl (C=O) groups is 1. The topological polar surface area (TPSA) is 46.9 Å². The fourth-order valence-electron chi connectivity index (χ4n) is 2.20. The second-order valence-corrected chi connectivity index (χ2v) is 5.04. The third-order valence-electron chi connectivity index (χ3n) is 3.46. The Morgan fingerprint density at radius 3 is 2.42 bits per heavy atom. The molecule has 0 bridgehead atoms. The van der Waals surface area contributed by atoms with Crippen molar-refractivity contribution < 1.29 is 18.0 Å². The zero-order chi connectivity index (χ0) is 17.1. The highest BCUT2D eigenvalue weighted by Crippen LogP contribution is 2.16. The van der Waals surface area contributed by atoms with Crippen LogP contribution >= 0.6 is 0 Å². The predicted molar refractivity (Wildman–Crippen MR) is 81.1 cm³/mol. The molecule has 1 N–H and O–H groups in total. The molecule has 4 nitrogen and oxygen atoms in total. The maximum Gasteiger partial charge on any atom is 0.257 e. The Balaban J connectivity index is 1.70. The van der Waals surface area contributed by atoms with Gasteiger partial charge < -0.3 is 9.88 Å². The average Bonchev–Trinajstić information content (AvgIpc) is 3.12. The summed E-state index contributed by atoms with van der Waals surface area (Å²) < 4.78 is 42.0. The largest absolute Gasteiger partial charge is 0.348 e. The van der Waals surface area contributed by atoms with Crippen molar-refractivity contribution in [3.63, 3.8) is 0 Å². The zero-order valence-electron chi connectivity index (χ0n) is 12.3. The van der Waals surface area contributed by atoms with Gasteiger partial charge in [-0.2, -0.15) is 0 Å². The smallest absolute Gasteiger partial charge is 0.257 e. The SMILES string of the molecule is O=C(NCc1ccc(-n2ccnc2)cc1)c1c(F)ccc(F)c1F. The first-order valence-corrected chi connectivity index (χ1v) is 7.05. The maximum atomic E-state index is 13.6. The number of benzene rings is 2. The number of nitrogens with one attached hydrogen (secondary N) is 1. The van der Waals surface area contributed by atoms with Gasteiger partial charge in [-0.25, -0.2) is 18.2 Å². The van der Waals surface area contributed by atoms with E-state index in [1.807, 2.05) is 12.1 Å². The molecule has 0 unspecified atom stereocenters. The second-order valence-electron chi connectivity index (χ2n) is 5.04. The lowest BCUT2D eigenvalue weighted by Gasteiger charge is -2.08. The Bertz CT molecular complexity index is 862. The lowest BCUT2D eigenvalue weighted by Crippen LogP contribution is -2.25. The Morgan fingerprint density at radius 2 is 1.75 bits per heavy atom. The third kappa shape index (κ3) is 3.15. The molecule has 0 saturated carbocycles. The quantitative estimate of drug-likeness (QED) is 0.746. The average molecular weight is 331 g/mol. The normalized spacial score (nSPS) is 10.6. The highest BCUT2D eigenvalue weighted by atomic mass is 19.2. The van der Waals surface area contributed by atoms with E-state index in [2.05, 4.69) is 10.3 Å². The van der Waals surface area contributed by atoms with Crippen molar-refractivity contribution in [3.8, 4) is 5.69 Å². The van der Waals surface area contributed by atoms with Gasteiger partial charge in [0.2, 0.25) is 0 Å². The van der Waals surface area contributed by atoms with Gasteiger partial charge >= 0.3 is 0 Å². The Hall–Kier alpha value is -3.09. The van der Waals surface area contributed by atoms with E-state index in [0.29, 0.717) is 12.1 Å². The molecule has 1 amide bonds. The minimum atomic E-state index is -1.50. The van der Waals surface area contributed by atoms with E-state index in [1.54, 1.807) is 35.4 Å². The minimum Gasteiger partial charge on any atom is -0.348 e. The summed E-state index contributed by atoms with van der Waals surface area (Å²) in [6, 6.07) is 8.49. The van der Waals surface area contributed by atoms with Crippen molar-refractivity contribution in [1.29, 1.82) is 0 Å². The summed E-state index contributed by atoms with van der Waals surface area (Å²) in [5, 5.41) is 2.37. The second kappa shape index (κ2) is 6.57. The number of halogens is 3. The molecule has 2 aromatic carbocycles. The molecule has 0 fully saturated rings.